The van der Waals surface area contributed by atoms with Gasteiger partial charge >= 0.3 is 0 Å². The van der Waals surface area contributed by atoms with E-state index in [-0.39, 0.29) is 6.10 Å². The third-order valence-corrected chi connectivity index (χ3v) is 6.38. The summed E-state index contributed by atoms with van der Waals surface area (Å²) < 4.78 is 0. The van der Waals surface area contributed by atoms with Crippen molar-refractivity contribution in [1.29, 1.82) is 0 Å². The molecule has 2 N–H and O–H groups in total. The van der Waals surface area contributed by atoms with Crippen LogP contribution >= 0.6 is 0 Å². The van der Waals surface area contributed by atoms with Crippen molar-refractivity contribution in [3.8, 4) is 0 Å². The van der Waals surface area contributed by atoms with Crippen LogP contribution in [0.15, 0.2) is 0 Å². The van der Waals surface area contributed by atoms with Gasteiger partial charge in [0, 0.05) is 12.1 Å². The van der Waals surface area contributed by atoms with Gasteiger partial charge in [0.25, 0.3) is 0 Å². The molecule has 3 aliphatic carbocycles. The molecule has 2 heteroatoms. The van der Waals surface area contributed by atoms with Gasteiger partial charge in [-0.1, -0.05) is 33.6 Å². The van der Waals surface area contributed by atoms with Crippen molar-refractivity contribution in [1.82, 2.24) is 5.32 Å². The van der Waals surface area contributed by atoms with Crippen molar-refractivity contribution in [2.24, 2.45) is 16.7 Å². The van der Waals surface area contributed by atoms with E-state index in [2.05, 4.69) is 26.1 Å². The molecule has 0 saturated heterocycles. The summed E-state index contributed by atoms with van der Waals surface area (Å²) in [6, 6.07) is 0.945. The monoisotopic (exact) mass is 251 g/mol. The topological polar surface area (TPSA) is 32.3 Å². The molecule has 3 fully saturated rings. The summed E-state index contributed by atoms with van der Waals surface area (Å²) in [6.07, 6.45) is 8.70. The third kappa shape index (κ3) is 1.84. The van der Waals surface area contributed by atoms with E-state index in [0.717, 1.165) is 18.8 Å². The molecule has 0 radical (unpaired) electrons. The Hall–Kier alpha value is -0.0800. The second kappa shape index (κ2) is 4.21. The Balaban J connectivity index is 1.75. The van der Waals surface area contributed by atoms with Crippen LogP contribution < -0.4 is 5.32 Å². The maximum absolute atomic E-state index is 10.2. The smallest absolute Gasteiger partial charge is 0.0693 e. The fourth-order valence-corrected chi connectivity index (χ4v) is 5.24. The minimum Gasteiger partial charge on any atom is -0.392 e. The fourth-order valence-electron chi connectivity index (χ4n) is 5.24. The number of fused-ring (bicyclic) bond motifs is 2. The molecule has 5 atom stereocenters. The minimum atomic E-state index is -0.114. The van der Waals surface area contributed by atoms with Crippen LogP contribution in [0.4, 0.5) is 0 Å². The zero-order valence-corrected chi connectivity index (χ0v) is 12.2. The number of hydrogen-bond donors (Lipinski definition) is 2. The molecule has 3 unspecified atom stereocenters. The maximum atomic E-state index is 10.2. The van der Waals surface area contributed by atoms with Crippen LogP contribution in [0.25, 0.3) is 0 Å². The van der Waals surface area contributed by atoms with E-state index in [1.807, 2.05) is 0 Å². The van der Waals surface area contributed by atoms with Gasteiger partial charge in [0.05, 0.1) is 6.10 Å². The zero-order chi connectivity index (χ0) is 13.0. The second-order valence-corrected chi connectivity index (χ2v) is 7.97. The molecule has 3 rings (SSSR count). The Morgan fingerprint density at radius 1 is 1.06 bits per heavy atom. The number of aliphatic hydroxyl groups is 1. The molecule has 3 aliphatic rings. The first kappa shape index (κ1) is 12.9. The molecule has 2 nitrogen and oxygen atoms in total. The summed E-state index contributed by atoms with van der Waals surface area (Å²) >= 11 is 0. The molecule has 0 aromatic heterocycles. The number of rotatable bonds is 2. The van der Waals surface area contributed by atoms with E-state index < -0.39 is 0 Å². The summed E-state index contributed by atoms with van der Waals surface area (Å²) in [4.78, 5) is 0. The molecule has 0 aromatic rings. The number of nitrogens with one attached hydrogen (secondary N) is 1. The molecule has 0 spiro atoms. The third-order valence-electron chi connectivity index (χ3n) is 6.38. The van der Waals surface area contributed by atoms with Crippen molar-refractivity contribution in [3.63, 3.8) is 0 Å². The summed E-state index contributed by atoms with van der Waals surface area (Å²) in [5.41, 5.74) is 0.884. The largest absolute Gasteiger partial charge is 0.392 e. The molecule has 2 bridgehead atoms. The number of aliphatic hydroxyl groups excluding tert-OH is 1. The molecule has 104 valence electrons. The van der Waals surface area contributed by atoms with E-state index in [1.165, 1.54) is 32.1 Å². The first-order valence-corrected chi connectivity index (χ1v) is 7.88. The lowest BCUT2D eigenvalue weighted by Crippen LogP contribution is -2.57. The lowest BCUT2D eigenvalue weighted by Gasteiger charge is -2.46. The highest BCUT2D eigenvalue weighted by Crippen LogP contribution is 2.62. The lowest BCUT2D eigenvalue weighted by atomic mass is 9.68. The van der Waals surface area contributed by atoms with Crippen molar-refractivity contribution < 1.29 is 5.11 Å². The van der Waals surface area contributed by atoms with Gasteiger partial charge in [-0.25, -0.2) is 0 Å². The predicted octanol–water partition coefficient (Wildman–Crippen LogP) is 3.09. The van der Waals surface area contributed by atoms with E-state index in [9.17, 15) is 5.11 Å². The average molecular weight is 251 g/mol. The van der Waals surface area contributed by atoms with Gasteiger partial charge in [0.15, 0.2) is 0 Å². The van der Waals surface area contributed by atoms with Crippen LogP contribution in [-0.2, 0) is 0 Å². The second-order valence-electron chi connectivity index (χ2n) is 7.97. The Bertz CT molecular complexity index is 322. The molecular formula is C16H29NO. The summed E-state index contributed by atoms with van der Waals surface area (Å²) in [5.74, 6) is 0.890. The predicted molar refractivity (Wildman–Crippen MR) is 74.4 cm³/mol. The normalized spacial score (nSPS) is 50.7. The van der Waals surface area contributed by atoms with Crippen LogP contribution in [0.5, 0.6) is 0 Å². The molecule has 0 aliphatic heterocycles. The highest BCUT2D eigenvalue weighted by Gasteiger charge is 2.59. The zero-order valence-electron chi connectivity index (χ0n) is 12.2. The van der Waals surface area contributed by atoms with Gasteiger partial charge < -0.3 is 10.4 Å². The first-order valence-electron chi connectivity index (χ1n) is 7.88. The minimum absolute atomic E-state index is 0.114. The van der Waals surface area contributed by atoms with E-state index in [0.29, 0.717) is 22.9 Å². The van der Waals surface area contributed by atoms with Gasteiger partial charge in [-0.2, -0.15) is 0 Å². The highest BCUT2D eigenvalue weighted by atomic mass is 16.3. The summed E-state index contributed by atoms with van der Waals surface area (Å²) in [7, 11) is 0. The van der Waals surface area contributed by atoms with Gasteiger partial charge in [-0.15, -0.1) is 0 Å². The molecule has 0 heterocycles. The van der Waals surface area contributed by atoms with Gasteiger partial charge in [0.1, 0.15) is 0 Å². The van der Waals surface area contributed by atoms with Gasteiger partial charge in [-0.05, 0) is 48.9 Å². The van der Waals surface area contributed by atoms with E-state index >= 15 is 0 Å². The average Bonchev–Trinajstić information content (AvgIpc) is 2.78. The highest BCUT2D eigenvalue weighted by molar-refractivity contribution is 5.12. The Morgan fingerprint density at radius 3 is 2.39 bits per heavy atom. The van der Waals surface area contributed by atoms with Crippen LogP contribution in [0.2, 0.25) is 0 Å². The lowest BCUT2D eigenvalue weighted by molar-refractivity contribution is 0.0405. The standard InChI is InChI=1S/C16H29NO/c1-15(2)11-8-9-16(3,10-11)14(15)17-12-6-4-5-7-13(12)18/h11-14,17-18H,4-10H2,1-3H3/t11?,12-,13-,14?,16?/m0/s1. The van der Waals surface area contributed by atoms with Crippen molar-refractivity contribution in [3.05, 3.63) is 0 Å². The van der Waals surface area contributed by atoms with Crippen molar-refractivity contribution >= 4 is 0 Å². The SMILES string of the molecule is CC12CCC(C1)C(C)(C)C2N[C@H]1CCCC[C@@H]1O. The van der Waals surface area contributed by atoms with Gasteiger partial charge in [0.2, 0.25) is 0 Å². The number of hydrogen-bond acceptors (Lipinski definition) is 2. The van der Waals surface area contributed by atoms with Crippen LogP contribution in [-0.4, -0.2) is 23.3 Å². The van der Waals surface area contributed by atoms with Gasteiger partial charge in [-0.3, -0.25) is 0 Å². The Morgan fingerprint density at radius 2 is 1.78 bits per heavy atom. The van der Waals surface area contributed by atoms with Crippen LogP contribution in [0.3, 0.4) is 0 Å². The summed E-state index contributed by atoms with van der Waals surface area (Å²) in [6.45, 7) is 7.35. The molecule has 3 saturated carbocycles. The molecule has 0 aromatic carbocycles. The molecule has 0 amide bonds. The summed E-state index contributed by atoms with van der Waals surface area (Å²) in [5, 5.41) is 14.1. The first-order chi connectivity index (χ1) is 8.43. The Labute approximate surface area is 112 Å². The quantitative estimate of drug-likeness (QED) is 0.790. The molecular weight excluding hydrogens is 222 g/mol. The van der Waals surface area contributed by atoms with E-state index in [1.54, 1.807) is 0 Å². The molecule has 18 heavy (non-hydrogen) atoms. The van der Waals surface area contributed by atoms with E-state index in [4.69, 9.17) is 0 Å². The maximum Gasteiger partial charge on any atom is 0.0693 e. The van der Waals surface area contributed by atoms with Crippen molar-refractivity contribution in [2.75, 3.05) is 0 Å². The van der Waals surface area contributed by atoms with Crippen LogP contribution in [0, 0.1) is 16.7 Å². The Kier molecular flexibility index (Phi) is 3.02. The van der Waals surface area contributed by atoms with Crippen molar-refractivity contribution in [2.45, 2.75) is 83.9 Å². The fraction of sp³-hybridized carbons (Fsp3) is 1.00. The van der Waals surface area contributed by atoms with Crippen LogP contribution in [0.1, 0.15) is 65.7 Å².